The highest BCUT2D eigenvalue weighted by molar-refractivity contribution is 5.33. The summed E-state index contributed by atoms with van der Waals surface area (Å²) in [4.78, 5) is 0. The van der Waals surface area contributed by atoms with Crippen LogP contribution in [0.4, 0.5) is 0 Å². The first-order valence-electron chi connectivity index (χ1n) is 15.2. The van der Waals surface area contributed by atoms with Crippen molar-refractivity contribution in [2.45, 2.75) is 94.9 Å². The van der Waals surface area contributed by atoms with Crippen molar-refractivity contribution in [2.75, 3.05) is 0 Å². The van der Waals surface area contributed by atoms with Gasteiger partial charge in [-0.2, -0.15) is 0 Å². The van der Waals surface area contributed by atoms with Crippen LogP contribution in [0.15, 0.2) is 131 Å². The van der Waals surface area contributed by atoms with Crippen LogP contribution in [0.3, 0.4) is 0 Å². The van der Waals surface area contributed by atoms with Gasteiger partial charge in [0.25, 0.3) is 0 Å². The Balaban J connectivity index is 1.87. The Labute approximate surface area is 247 Å². The van der Waals surface area contributed by atoms with Crippen LogP contribution < -0.4 is 0 Å². The van der Waals surface area contributed by atoms with Crippen molar-refractivity contribution >= 4 is 0 Å². The van der Waals surface area contributed by atoms with Crippen LogP contribution in [-0.4, -0.2) is 0 Å². The van der Waals surface area contributed by atoms with Crippen LogP contribution in [0.1, 0.15) is 94.9 Å². The molecule has 0 aromatic carbocycles. The lowest BCUT2D eigenvalue weighted by Crippen LogP contribution is -2.26. The normalized spacial score (nSPS) is 25.1. The molecule has 0 aliphatic heterocycles. The van der Waals surface area contributed by atoms with E-state index in [2.05, 4.69) is 166 Å². The first kappa shape index (κ1) is 33.3. The second-order valence-electron chi connectivity index (χ2n) is 13.4. The first-order valence-corrected chi connectivity index (χ1v) is 15.2. The first-order chi connectivity index (χ1) is 18.8. The van der Waals surface area contributed by atoms with Gasteiger partial charge in [-0.25, -0.2) is 0 Å². The number of hydrogen-bond acceptors (Lipinski definition) is 0. The summed E-state index contributed by atoms with van der Waals surface area (Å²) >= 11 is 0. The summed E-state index contributed by atoms with van der Waals surface area (Å²) in [6.45, 7) is 22.7. The molecule has 216 valence electrons. The molecule has 0 spiro atoms. The topological polar surface area (TPSA) is 0 Å². The van der Waals surface area contributed by atoms with Crippen LogP contribution in [0, 0.1) is 22.7 Å². The SMILES string of the molecule is CC(C=CC=C(C)C=C[C@H]1C(C)=CCCC1(C)C)=CC=CC=C(C)C=CC=C(C)C=C[C@H]1C(C)=CCCC1(C)C. The summed E-state index contributed by atoms with van der Waals surface area (Å²) in [5, 5.41) is 0. The van der Waals surface area contributed by atoms with E-state index in [9.17, 15) is 0 Å². The molecule has 0 aromatic heterocycles. The molecule has 0 fully saturated rings. The minimum Gasteiger partial charge on any atom is -0.0850 e. The maximum absolute atomic E-state index is 2.40. The predicted octanol–water partition coefficient (Wildman–Crippen LogP) is 12.3. The molecule has 2 aliphatic carbocycles. The zero-order chi connectivity index (χ0) is 29.8. The summed E-state index contributed by atoms with van der Waals surface area (Å²) in [7, 11) is 0. The zero-order valence-corrected chi connectivity index (χ0v) is 27.2. The van der Waals surface area contributed by atoms with E-state index < -0.39 is 0 Å². The highest BCUT2D eigenvalue weighted by Crippen LogP contribution is 2.42. The monoisotopic (exact) mass is 536 g/mol. The Hall–Kier alpha value is -2.86. The van der Waals surface area contributed by atoms with E-state index >= 15 is 0 Å². The third kappa shape index (κ3) is 11.3. The van der Waals surface area contributed by atoms with Gasteiger partial charge in [0.05, 0.1) is 0 Å². The van der Waals surface area contributed by atoms with Crippen molar-refractivity contribution in [2.24, 2.45) is 22.7 Å². The van der Waals surface area contributed by atoms with Crippen molar-refractivity contribution in [1.29, 1.82) is 0 Å². The molecule has 2 atom stereocenters. The van der Waals surface area contributed by atoms with Gasteiger partial charge in [0.15, 0.2) is 0 Å². The Bertz CT molecular complexity index is 1090. The molecule has 40 heavy (non-hydrogen) atoms. The average molecular weight is 537 g/mol. The minimum absolute atomic E-state index is 0.343. The molecule has 2 aliphatic rings. The number of allylic oxidation sites excluding steroid dienone is 22. The summed E-state index contributed by atoms with van der Waals surface area (Å²) in [6.07, 6.45) is 40.6. The molecule has 0 heterocycles. The minimum atomic E-state index is 0.343. The second-order valence-corrected chi connectivity index (χ2v) is 13.4. The van der Waals surface area contributed by atoms with Gasteiger partial charge in [-0.15, -0.1) is 0 Å². The Kier molecular flexibility index (Phi) is 13.2. The largest absolute Gasteiger partial charge is 0.0850 e. The fraction of sp³-hybridized carbons (Fsp3) is 0.450. The van der Waals surface area contributed by atoms with Gasteiger partial charge in [0.1, 0.15) is 0 Å². The molecule has 2 rings (SSSR count). The summed E-state index contributed by atoms with van der Waals surface area (Å²) in [6, 6.07) is 0. The van der Waals surface area contributed by atoms with Crippen molar-refractivity contribution in [1.82, 2.24) is 0 Å². The highest BCUT2D eigenvalue weighted by Gasteiger charge is 2.31. The third-order valence-corrected chi connectivity index (χ3v) is 8.54. The molecule has 0 heteroatoms. The maximum atomic E-state index is 2.40. The van der Waals surface area contributed by atoms with E-state index in [4.69, 9.17) is 0 Å². The Morgan fingerprint density at radius 1 is 0.550 bits per heavy atom. The molecule has 0 saturated carbocycles. The molecular formula is C40H56. The molecule has 0 radical (unpaired) electrons. The van der Waals surface area contributed by atoms with E-state index in [-0.39, 0.29) is 0 Å². The fourth-order valence-corrected chi connectivity index (χ4v) is 5.80. The summed E-state index contributed by atoms with van der Waals surface area (Å²) < 4.78 is 0. The Morgan fingerprint density at radius 2 is 0.875 bits per heavy atom. The van der Waals surface area contributed by atoms with Gasteiger partial charge >= 0.3 is 0 Å². The fourth-order valence-electron chi connectivity index (χ4n) is 5.80. The Morgan fingerprint density at radius 3 is 1.23 bits per heavy atom. The smallest absolute Gasteiger partial charge is 0.00285 e. The molecule has 0 bridgehead atoms. The lowest BCUT2D eigenvalue weighted by Gasteiger charge is -2.36. The number of hydrogen-bond donors (Lipinski definition) is 0. The van der Waals surface area contributed by atoms with Crippen molar-refractivity contribution in [3.63, 3.8) is 0 Å². The summed E-state index contributed by atoms with van der Waals surface area (Å²) in [5.74, 6) is 1.06. The molecule has 0 saturated heterocycles. The van der Waals surface area contributed by atoms with Crippen LogP contribution in [-0.2, 0) is 0 Å². The van der Waals surface area contributed by atoms with Crippen LogP contribution in [0.5, 0.6) is 0 Å². The molecule has 0 amide bonds. The van der Waals surface area contributed by atoms with Gasteiger partial charge in [0.2, 0.25) is 0 Å². The van der Waals surface area contributed by atoms with Crippen molar-refractivity contribution in [3.8, 4) is 0 Å². The van der Waals surface area contributed by atoms with Gasteiger partial charge in [-0.1, -0.05) is 158 Å². The van der Waals surface area contributed by atoms with Crippen molar-refractivity contribution < 1.29 is 0 Å². The second kappa shape index (κ2) is 15.8. The van der Waals surface area contributed by atoms with Crippen LogP contribution in [0.25, 0.3) is 0 Å². The van der Waals surface area contributed by atoms with Gasteiger partial charge in [-0.3, -0.25) is 0 Å². The van der Waals surface area contributed by atoms with E-state index in [1.165, 1.54) is 59.1 Å². The molecular weight excluding hydrogens is 480 g/mol. The van der Waals surface area contributed by atoms with E-state index in [0.29, 0.717) is 22.7 Å². The quantitative estimate of drug-likeness (QED) is 0.192. The third-order valence-electron chi connectivity index (χ3n) is 8.54. The lowest BCUT2D eigenvalue weighted by molar-refractivity contribution is 0.255. The summed E-state index contributed by atoms with van der Waals surface area (Å²) in [5.41, 5.74) is 8.72. The number of rotatable bonds is 10. The van der Waals surface area contributed by atoms with E-state index in [0.717, 1.165) is 0 Å². The van der Waals surface area contributed by atoms with E-state index in [1.54, 1.807) is 0 Å². The zero-order valence-electron chi connectivity index (χ0n) is 27.2. The standard InChI is InChI=1S/C40H56/c1-31(19-13-21-33(3)25-27-37-35(5)23-15-29-39(37,7)8)17-11-12-18-32(2)20-14-22-34(4)26-28-38-36(6)24-16-30-40(38,9)10/h11-14,17-28,37-38H,15-16,29-30H2,1-10H3/t37-,38-/m0/s1. The van der Waals surface area contributed by atoms with Crippen molar-refractivity contribution in [3.05, 3.63) is 131 Å². The average Bonchev–Trinajstić information content (AvgIpc) is 2.85. The molecule has 0 nitrogen and oxygen atoms in total. The predicted molar refractivity (Wildman–Crippen MR) is 181 cm³/mol. The lowest BCUT2D eigenvalue weighted by atomic mass is 9.68. The van der Waals surface area contributed by atoms with Crippen LogP contribution in [0.2, 0.25) is 0 Å². The highest BCUT2D eigenvalue weighted by atomic mass is 14.4. The van der Waals surface area contributed by atoms with Gasteiger partial charge in [-0.05, 0) is 78.1 Å². The maximum Gasteiger partial charge on any atom is 0.00285 e. The molecule has 0 aromatic rings. The molecule has 0 N–H and O–H groups in total. The van der Waals surface area contributed by atoms with Crippen LogP contribution >= 0.6 is 0 Å². The molecule has 0 unspecified atom stereocenters. The van der Waals surface area contributed by atoms with E-state index in [1.807, 2.05) is 0 Å². The van der Waals surface area contributed by atoms with Gasteiger partial charge in [0, 0.05) is 11.8 Å². The van der Waals surface area contributed by atoms with Gasteiger partial charge < -0.3 is 0 Å².